The van der Waals surface area contributed by atoms with E-state index < -0.39 is 11.6 Å². The topological polar surface area (TPSA) is 0 Å². The number of hydrogen-bond donors (Lipinski definition) is 0. The zero-order chi connectivity index (χ0) is 10.9. The van der Waals surface area contributed by atoms with E-state index in [1.54, 1.807) is 13.0 Å². The van der Waals surface area contributed by atoms with Crippen LogP contribution < -0.4 is 0 Å². The van der Waals surface area contributed by atoms with Gasteiger partial charge in [-0.15, -0.1) is 0 Å². The SMILES string of the molecule is CC(F)C1(c2cccc(F)c2)CCCC1. The van der Waals surface area contributed by atoms with Gasteiger partial charge in [-0.25, -0.2) is 8.78 Å². The highest BCUT2D eigenvalue weighted by molar-refractivity contribution is 5.28. The lowest BCUT2D eigenvalue weighted by Crippen LogP contribution is -2.32. The Morgan fingerprint density at radius 2 is 1.93 bits per heavy atom. The number of alkyl halides is 1. The van der Waals surface area contributed by atoms with Crippen molar-refractivity contribution in [2.45, 2.75) is 44.2 Å². The van der Waals surface area contributed by atoms with E-state index >= 15 is 0 Å². The van der Waals surface area contributed by atoms with Crippen molar-refractivity contribution < 1.29 is 8.78 Å². The number of halogens is 2. The lowest BCUT2D eigenvalue weighted by atomic mass is 9.75. The van der Waals surface area contributed by atoms with Gasteiger partial charge in [-0.05, 0) is 37.5 Å². The molecule has 0 spiro atoms. The van der Waals surface area contributed by atoms with Crippen molar-refractivity contribution in [1.29, 1.82) is 0 Å². The van der Waals surface area contributed by atoms with Crippen molar-refractivity contribution in [3.05, 3.63) is 35.6 Å². The summed E-state index contributed by atoms with van der Waals surface area (Å²) in [5.74, 6) is -0.264. The molecule has 0 nitrogen and oxygen atoms in total. The Bertz CT molecular complexity index is 338. The molecule has 1 atom stereocenters. The summed E-state index contributed by atoms with van der Waals surface area (Å²) in [7, 11) is 0. The van der Waals surface area contributed by atoms with E-state index in [1.165, 1.54) is 12.1 Å². The molecule has 1 unspecified atom stereocenters. The molecule has 0 aromatic heterocycles. The number of benzene rings is 1. The molecule has 1 aromatic rings. The standard InChI is InChI=1S/C13H16F2/c1-10(14)13(7-2-3-8-13)11-5-4-6-12(15)9-11/h4-6,9-10H,2-3,7-8H2,1H3. The minimum atomic E-state index is -0.901. The summed E-state index contributed by atoms with van der Waals surface area (Å²) in [6.07, 6.45) is 2.87. The first-order chi connectivity index (χ1) is 7.15. The molecule has 1 saturated carbocycles. The third-order valence-corrected chi connectivity index (χ3v) is 3.66. The zero-order valence-corrected chi connectivity index (χ0v) is 8.97. The van der Waals surface area contributed by atoms with E-state index in [9.17, 15) is 8.78 Å². The molecule has 1 aromatic carbocycles. The Hall–Kier alpha value is -0.920. The van der Waals surface area contributed by atoms with Gasteiger partial charge in [-0.2, -0.15) is 0 Å². The quantitative estimate of drug-likeness (QED) is 0.692. The highest BCUT2D eigenvalue weighted by Crippen LogP contribution is 2.45. The van der Waals surface area contributed by atoms with Gasteiger partial charge < -0.3 is 0 Å². The summed E-state index contributed by atoms with van der Waals surface area (Å²) in [6.45, 7) is 1.59. The van der Waals surface area contributed by atoms with Crippen LogP contribution >= 0.6 is 0 Å². The molecule has 1 aliphatic carbocycles. The molecule has 0 heterocycles. The molecule has 0 radical (unpaired) electrons. The van der Waals surface area contributed by atoms with Gasteiger partial charge in [0.25, 0.3) is 0 Å². The smallest absolute Gasteiger partial charge is 0.123 e. The second-order valence-electron chi connectivity index (χ2n) is 4.49. The molecule has 82 valence electrons. The lowest BCUT2D eigenvalue weighted by molar-refractivity contribution is 0.206. The van der Waals surface area contributed by atoms with Gasteiger partial charge in [-0.1, -0.05) is 25.0 Å². The van der Waals surface area contributed by atoms with Crippen LogP contribution in [0.25, 0.3) is 0 Å². The summed E-state index contributed by atoms with van der Waals surface area (Å²) in [4.78, 5) is 0. The summed E-state index contributed by atoms with van der Waals surface area (Å²) in [5.41, 5.74) is 0.400. The lowest BCUT2D eigenvalue weighted by Gasteiger charge is -2.31. The Labute approximate surface area is 89.3 Å². The third kappa shape index (κ3) is 1.77. The van der Waals surface area contributed by atoms with Crippen LogP contribution in [0.2, 0.25) is 0 Å². The fourth-order valence-corrected chi connectivity index (χ4v) is 2.72. The molecular formula is C13H16F2. The van der Waals surface area contributed by atoms with Crippen molar-refractivity contribution in [2.24, 2.45) is 0 Å². The normalized spacial score (nSPS) is 21.5. The molecule has 0 bridgehead atoms. The van der Waals surface area contributed by atoms with Gasteiger partial charge in [0.2, 0.25) is 0 Å². The predicted molar refractivity (Wildman–Crippen MR) is 57.1 cm³/mol. The van der Waals surface area contributed by atoms with Crippen molar-refractivity contribution in [2.75, 3.05) is 0 Å². The second kappa shape index (κ2) is 3.92. The van der Waals surface area contributed by atoms with Gasteiger partial charge in [-0.3, -0.25) is 0 Å². The van der Waals surface area contributed by atoms with Crippen LogP contribution in [0.3, 0.4) is 0 Å². The molecule has 2 heteroatoms. The number of rotatable bonds is 2. The molecule has 0 aliphatic heterocycles. The predicted octanol–water partition coefficient (Wildman–Crippen LogP) is 4.00. The van der Waals surface area contributed by atoms with Gasteiger partial charge in [0.05, 0.1) is 0 Å². The van der Waals surface area contributed by atoms with Crippen LogP contribution in [0.1, 0.15) is 38.2 Å². The minimum Gasteiger partial charge on any atom is -0.247 e. The van der Waals surface area contributed by atoms with Crippen LogP contribution in [0, 0.1) is 5.82 Å². The van der Waals surface area contributed by atoms with Gasteiger partial charge in [0, 0.05) is 5.41 Å². The highest BCUT2D eigenvalue weighted by Gasteiger charge is 2.41. The molecule has 0 N–H and O–H groups in total. The summed E-state index contributed by atoms with van der Waals surface area (Å²) < 4.78 is 26.9. The first-order valence-electron chi connectivity index (χ1n) is 5.55. The third-order valence-electron chi connectivity index (χ3n) is 3.66. The molecule has 15 heavy (non-hydrogen) atoms. The van der Waals surface area contributed by atoms with E-state index in [-0.39, 0.29) is 5.82 Å². The van der Waals surface area contributed by atoms with Crippen molar-refractivity contribution in [3.8, 4) is 0 Å². The molecule has 1 aliphatic rings. The van der Waals surface area contributed by atoms with E-state index in [1.807, 2.05) is 6.07 Å². The Morgan fingerprint density at radius 1 is 1.27 bits per heavy atom. The van der Waals surface area contributed by atoms with Gasteiger partial charge in [0.15, 0.2) is 0 Å². The first kappa shape index (κ1) is 10.6. The number of hydrogen-bond acceptors (Lipinski definition) is 0. The summed E-state index contributed by atoms with van der Waals surface area (Å²) >= 11 is 0. The van der Waals surface area contributed by atoms with Crippen molar-refractivity contribution in [3.63, 3.8) is 0 Å². The Kier molecular flexibility index (Phi) is 2.76. The minimum absolute atomic E-state index is 0.264. The zero-order valence-electron chi connectivity index (χ0n) is 8.97. The second-order valence-corrected chi connectivity index (χ2v) is 4.49. The van der Waals surface area contributed by atoms with E-state index in [0.717, 1.165) is 31.2 Å². The van der Waals surface area contributed by atoms with Gasteiger partial charge in [0.1, 0.15) is 12.0 Å². The van der Waals surface area contributed by atoms with Crippen LogP contribution in [0.5, 0.6) is 0 Å². The maximum atomic E-state index is 13.8. The van der Waals surface area contributed by atoms with Crippen LogP contribution in [-0.2, 0) is 5.41 Å². The largest absolute Gasteiger partial charge is 0.247 e. The fourth-order valence-electron chi connectivity index (χ4n) is 2.72. The van der Waals surface area contributed by atoms with Gasteiger partial charge >= 0.3 is 0 Å². The Morgan fingerprint density at radius 3 is 2.47 bits per heavy atom. The summed E-state index contributed by atoms with van der Waals surface area (Å²) in [5, 5.41) is 0. The highest BCUT2D eigenvalue weighted by atomic mass is 19.1. The van der Waals surface area contributed by atoms with Crippen molar-refractivity contribution >= 4 is 0 Å². The van der Waals surface area contributed by atoms with Crippen LogP contribution in [-0.4, -0.2) is 6.17 Å². The fraction of sp³-hybridized carbons (Fsp3) is 0.538. The van der Waals surface area contributed by atoms with E-state index in [4.69, 9.17) is 0 Å². The average molecular weight is 210 g/mol. The maximum Gasteiger partial charge on any atom is 0.123 e. The Balaban J connectivity index is 2.41. The van der Waals surface area contributed by atoms with Crippen LogP contribution in [0.15, 0.2) is 24.3 Å². The summed E-state index contributed by atoms with van der Waals surface area (Å²) in [6, 6.07) is 6.42. The van der Waals surface area contributed by atoms with Crippen molar-refractivity contribution in [1.82, 2.24) is 0 Å². The average Bonchev–Trinajstić information content (AvgIpc) is 2.67. The molecule has 0 amide bonds. The first-order valence-corrected chi connectivity index (χ1v) is 5.55. The molecule has 1 fully saturated rings. The maximum absolute atomic E-state index is 13.8. The molecule has 2 rings (SSSR count). The molecule has 0 saturated heterocycles. The van der Waals surface area contributed by atoms with Crippen LogP contribution in [0.4, 0.5) is 8.78 Å². The van der Waals surface area contributed by atoms with E-state index in [2.05, 4.69) is 0 Å². The molecular weight excluding hydrogens is 194 g/mol. The van der Waals surface area contributed by atoms with E-state index in [0.29, 0.717) is 0 Å². The monoisotopic (exact) mass is 210 g/mol.